The first-order chi connectivity index (χ1) is 13.6. The van der Waals surface area contributed by atoms with Gasteiger partial charge in [0.1, 0.15) is 6.54 Å². The van der Waals surface area contributed by atoms with Crippen molar-refractivity contribution in [3.05, 3.63) is 45.5 Å². The second-order valence-corrected chi connectivity index (χ2v) is 7.75. The quantitative estimate of drug-likeness (QED) is 0.743. The maximum absolute atomic E-state index is 12.5. The zero-order valence-electron chi connectivity index (χ0n) is 16.2. The van der Waals surface area contributed by atoms with E-state index >= 15 is 0 Å². The molecule has 0 saturated heterocycles. The van der Waals surface area contributed by atoms with E-state index in [0.29, 0.717) is 23.8 Å². The lowest BCUT2D eigenvalue weighted by Crippen LogP contribution is -2.34. The Morgan fingerprint density at radius 2 is 2.18 bits per heavy atom. The van der Waals surface area contributed by atoms with Crippen molar-refractivity contribution in [1.29, 1.82) is 0 Å². The molecule has 4 rings (SSSR count). The highest BCUT2D eigenvalue weighted by atomic mass is 16.5. The molecule has 0 aliphatic heterocycles. The van der Waals surface area contributed by atoms with Crippen LogP contribution in [0.2, 0.25) is 0 Å². The summed E-state index contributed by atoms with van der Waals surface area (Å²) in [5.41, 5.74) is 3.38. The summed E-state index contributed by atoms with van der Waals surface area (Å²) in [5, 5.41) is 11.3. The highest BCUT2D eigenvalue weighted by molar-refractivity contribution is 5.75. The van der Waals surface area contributed by atoms with Crippen LogP contribution < -0.4 is 10.9 Å². The van der Waals surface area contributed by atoms with Gasteiger partial charge in [-0.25, -0.2) is 4.68 Å². The molecule has 7 heteroatoms. The molecule has 148 valence electrons. The average Bonchev–Trinajstić information content (AvgIpc) is 3.44. The minimum Gasteiger partial charge on any atom is -0.356 e. The second-order valence-electron chi connectivity index (χ2n) is 7.75. The fourth-order valence-electron chi connectivity index (χ4n) is 3.65. The lowest BCUT2D eigenvalue weighted by Gasteiger charge is -2.13. The van der Waals surface area contributed by atoms with Crippen LogP contribution in [0.1, 0.15) is 62.3 Å². The predicted octanol–water partition coefficient (Wildman–Crippen LogP) is 3.09. The number of aromatic nitrogens is 3. The molecule has 1 fully saturated rings. The summed E-state index contributed by atoms with van der Waals surface area (Å²) in [4.78, 5) is 24.8. The van der Waals surface area contributed by atoms with Crippen LogP contribution >= 0.6 is 0 Å². The van der Waals surface area contributed by atoms with Gasteiger partial charge in [0.2, 0.25) is 5.91 Å². The number of nitrogens with one attached hydrogen (secondary N) is 1. The van der Waals surface area contributed by atoms with Crippen LogP contribution in [-0.2, 0) is 11.3 Å². The van der Waals surface area contributed by atoms with Crippen molar-refractivity contribution in [2.24, 2.45) is 0 Å². The fraction of sp³-hybridized carbons (Fsp3) is 0.524. The van der Waals surface area contributed by atoms with E-state index in [1.54, 1.807) is 6.07 Å². The Labute approximate surface area is 163 Å². The summed E-state index contributed by atoms with van der Waals surface area (Å²) in [7, 11) is 0. The molecular formula is C21H26N4O3. The number of hydrogen-bond donors (Lipinski definition) is 1. The number of aryl methyl sites for hydroxylation is 1. The topological polar surface area (TPSA) is 90.0 Å². The largest absolute Gasteiger partial charge is 0.356 e. The minimum absolute atomic E-state index is 0.0622. The minimum atomic E-state index is -0.307. The van der Waals surface area contributed by atoms with Crippen LogP contribution in [0.4, 0.5) is 0 Å². The molecule has 28 heavy (non-hydrogen) atoms. The van der Waals surface area contributed by atoms with E-state index in [9.17, 15) is 9.59 Å². The molecule has 2 aromatic heterocycles. The number of carbonyl (C=O) groups excluding carboxylic acids is 1. The molecule has 0 radical (unpaired) electrons. The molecular weight excluding hydrogens is 356 g/mol. The van der Waals surface area contributed by atoms with Crippen molar-refractivity contribution in [1.82, 2.24) is 20.3 Å². The Hall–Kier alpha value is -2.70. The summed E-state index contributed by atoms with van der Waals surface area (Å²) in [6.45, 7) is 2.38. The van der Waals surface area contributed by atoms with Gasteiger partial charge in [0.15, 0.2) is 5.76 Å². The van der Waals surface area contributed by atoms with Crippen LogP contribution in [0.25, 0.3) is 11.3 Å². The van der Waals surface area contributed by atoms with E-state index in [1.807, 2.05) is 6.92 Å². The lowest BCUT2D eigenvalue weighted by molar-refractivity contribution is -0.121. The number of carbonyl (C=O) groups is 1. The molecule has 0 spiro atoms. The van der Waals surface area contributed by atoms with Gasteiger partial charge in [0.05, 0.1) is 11.4 Å². The van der Waals surface area contributed by atoms with Gasteiger partial charge in [0.25, 0.3) is 5.56 Å². The number of allylic oxidation sites excluding steroid dienone is 1. The zero-order chi connectivity index (χ0) is 19.5. The first-order valence-corrected chi connectivity index (χ1v) is 10.1. The predicted molar refractivity (Wildman–Crippen MR) is 105 cm³/mol. The number of amides is 1. The van der Waals surface area contributed by atoms with Crippen LogP contribution in [0.3, 0.4) is 0 Å². The van der Waals surface area contributed by atoms with Gasteiger partial charge in [-0.15, -0.1) is 0 Å². The van der Waals surface area contributed by atoms with Gasteiger partial charge in [0, 0.05) is 30.2 Å². The highest BCUT2D eigenvalue weighted by Crippen LogP contribution is 2.42. The molecule has 1 amide bonds. The van der Waals surface area contributed by atoms with E-state index < -0.39 is 0 Å². The van der Waals surface area contributed by atoms with Gasteiger partial charge in [-0.05, 0) is 51.9 Å². The van der Waals surface area contributed by atoms with Crippen molar-refractivity contribution in [3.63, 3.8) is 0 Å². The van der Waals surface area contributed by atoms with Gasteiger partial charge >= 0.3 is 0 Å². The smallest absolute Gasteiger partial charge is 0.267 e. The monoisotopic (exact) mass is 382 g/mol. The summed E-state index contributed by atoms with van der Waals surface area (Å²) in [6, 6.07) is 3.32. The van der Waals surface area contributed by atoms with Gasteiger partial charge in [-0.3, -0.25) is 9.59 Å². The van der Waals surface area contributed by atoms with Gasteiger partial charge < -0.3 is 9.84 Å². The molecule has 1 saturated carbocycles. The van der Waals surface area contributed by atoms with E-state index in [1.165, 1.54) is 29.2 Å². The van der Waals surface area contributed by atoms with E-state index in [0.717, 1.165) is 43.5 Å². The number of rotatable bonds is 7. The fourth-order valence-corrected chi connectivity index (χ4v) is 3.65. The zero-order valence-corrected chi connectivity index (χ0v) is 16.2. The molecule has 2 heterocycles. The van der Waals surface area contributed by atoms with Crippen molar-refractivity contribution >= 4 is 5.91 Å². The normalized spacial score (nSPS) is 16.7. The van der Waals surface area contributed by atoms with Crippen molar-refractivity contribution in [2.75, 3.05) is 6.54 Å². The Morgan fingerprint density at radius 3 is 2.86 bits per heavy atom. The Bertz CT molecular complexity index is 953. The van der Waals surface area contributed by atoms with Crippen LogP contribution in [0, 0.1) is 6.92 Å². The maximum atomic E-state index is 12.5. The molecule has 0 bridgehead atoms. The molecule has 0 unspecified atom stereocenters. The molecule has 2 aliphatic rings. The summed E-state index contributed by atoms with van der Waals surface area (Å²) in [6.07, 6.45) is 10.0. The highest BCUT2D eigenvalue weighted by Gasteiger charge is 2.30. The third-order valence-electron chi connectivity index (χ3n) is 5.33. The molecule has 0 atom stereocenters. The average molecular weight is 382 g/mol. The first kappa shape index (κ1) is 18.7. The Morgan fingerprint density at radius 1 is 1.32 bits per heavy atom. The van der Waals surface area contributed by atoms with Crippen LogP contribution in [0.5, 0.6) is 0 Å². The number of nitrogens with zero attached hydrogens (tertiary/aromatic N) is 3. The van der Waals surface area contributed by atoms with Crippen LogP contribution in [0.15, 0.2) is 33.1 Å². The third-order valence-corrected chi connectivity index (χ3v) is 5.33. The molecule has 0 aromatic carbocycles. The Balaban J connectivity index is 1.44. The van der Waals surface area contributed by atoms with Gasteiger partial charge in [-0.2, -0.15) is 5.10 Å². The molecule has 7 nitrogen and oxygen atoms in total. The summed E-state index contributed by atoms with van der Waals surface area (Å²) < 4.78 is 6.59. The van der Waals surface area contributed by atoms with Gasteiger partial charge in [-0.1, -0.05) is 16.8 Å². The third kappa shape index (κ3) is 4.40. The van der Waals surface area contributed by atoms with E-state index in [4.69, 9.17) is 4.52 Å². The first-order valence-electron chi connectivity index (χ1n) is 10.1. The van der Waals surface area contributed by atoms with Crippen molar-refractivity contribution in [3.8, 4) is 11.3 Å². The van der Waals surface area contributed by atoms with Crippen LogP contribution in [-0.4, -0.2) is 27.4 Å². The Kier molecular flexibility index (Phi) is 5.41. The molecule has 1 N–H and O–H groups in total. The SMILES string of the molecule is Cc1cc(-c2cc(=O)n(CC(=O)NCCC3=CCCCC3)nc2C2CC2)on1. The van der Waals surface area contributed by atoms with Crippen molar-refractivity contribution < 1.29 is 9.32 Å². The standard InChI is InChI=1S/C21H26N4O3/c1-14-11-18(28-24-14)17-12-20(27)25(23-21(17)16-7-8-16)13-19(26)22-10-9-15-5-3-2-4-6-15/h5,11-12,16H,2-4,6-10,13H2,1H3,(H,22,26). The summed E-state index contributed by atoms with van der Waals surface area (Å²) in [5.74, 6) is 0.686. The number of hydrogen-bond acceptors (Lipinski definition) is 5. The lowest BCUT2D eigenvalue weighted by atomic mass is 9.97. The van der Waals surface area contributed by atoms with E-state index in [-0.39, 0.29) is 18.0 Å². The maximum Gasteiger partial charge on any atom is 0.267 e. The molecule has 2 aromatic rings. The summed E-state index contributed by atoms with van der Waals surface area (Å²) >= 11 is 0. The molecule has 2 aliphatic carbocycles. The second kappa shape index (κ2) is 8.12. The van der Waals surface area contributed by atoms with E-state index in [2.05, 4.69) is 21.6 Å². The van der Waals surface area contributed by atoms with Crippen molar-refractivity contribution in [2.45, 2.75) is 64.3 Å².